The Hall–Kier alpha value is -2.88. The number of halogens is 2. The van der Waals surface area contributed by atoms with Gasteiger partial charge in [0.1, 0.15) is 5.75 Å². The highest BCUT2D eigenvalue weighted by atomic mass is 35.5. The summed E-state index contributed by atoms with van der Waals surface area (Å²) in [6, 6.07) is 18.1. The zero-order valence-corrected chi connectivity index (χ0v) is 31.1. The van der Waals surface area contributed by atoms with E-state index in [1.165, 1.54) is 4.31 Å². The maximum absolute atomic E-state index is 13.5. The molecular formula is C38H47Cl2NO6S. The number of benzene rings is 3. The lowest BCUT2D eigenvalue weighted by molar-refractivity contribution is -0.139. The molecule has 1 saturated heterocycles. The standard InChI is InChI=1S/C38H47Cl2NO6S/c1-23(2)17-34-31(26-11-15-29(16-12-26)48(44,45)41(8)21-25-9-13-28(39)14-10-25)20-30(24(3)4)36(47-34)32-18-27(38(5,6)7)19-33(40)37(32)46-22-35(42)43/h9-16,18-19,23,30-31,34,36H,3,17,20-22H2,1-2,4-8H3,(H,42,43)/t30-,31-,34+,36+/m0/s1. The van der Waals surface area contributed by atoms with Gasteiger partial charge in [0.2, 0.25) is 10.0 Å². The highest BCUT2D eigenvalue weighted by Crippen LogP contribution is 2.51. The Balaban J connectivity index is 1.70. The number of carbonyl (C=O) groups is 1. The number of aliphatic carboxylic acids is 1. The summed E-state index contributed by atoms with van der Waals surface area (Å²) in [7, 11) is -2.18. The molecular weight excluding hydrogens is 669 g/mol. The van der Waals surface area contributed by atoms with Gasteiger partial charge in [0.15, 0.2) is 6.61 Å². The predicted molar refractivity (Wildman–Crippen MR) is 193 cm³/mol. The summed E-state index contributed by atoms with van der Waals surface area (Å²) >= 11 is 12.8. The Morgan fingerprint density at radius 1 is 1.08 bits per heavy atom. The Morgan fingerprint density at radius 2 is 1.71 bits per heavy atom. The third-order valence-electron chi connectivity index (χ3n) is 8.90. The lowest BCUT2D eigenvalue weighted by Crippen LogP contribution is -2.37. The molecule has 1 fully saturated rings. The Morgan fingerprint density at radius 3 is 2.25 bits per heavy atom. The van der Waals surface area contributed by atoms with E-state index in [4.69, 9.17) is 32.7 Å². The molecule has 3 aromatic rings. The van der Waals surface area contributed by atoms with Gasteiger partial charge >= 0.3 is 5.97 Å². The first-order valence-electron chi connectivity index (χ1n) is 16.2. The first-order chi connectivity index (χ1) is 22.4. The summed E-state index contributed by atoms with van der Waals surface area (Å²) in [5, 5.41) is 10.3. The van der Waals surface area contributed by atoms with Crippen LogP contribution in [0.1, 0.15) is 88.7 Å². The minimum Gasteiger partial charge on any atom is -0.480 e. The van der Waals surface area contributed by atoms with Crippen LogP contribution in [0.5, 0.6) is 5.75 Å². The van der Waals surface area contributed by atoms with Crippen molar-refractivity contribution in [3.8, 4) is 5.75 Å². The number of carboxylic acid groups (broad SMARTS) is 1. The number of hydrogen-bond donors (Lipinski definition) is 1. The van der Waals surface area contributed by atoms with Crippen molar-refractivity contribution in [2.75, 3.05) is 13.7 Å². The van der Waals surface area contributed by atoms with Gasteiger partial charge in [0.05, 0.1) is 22.1 Å². The molecule has 0 radical (unpaired) electrons. The highest BCUT2D eigenvalue weighted by Gasteiger charge is 2.42. The third kappa shape index (κ3) is 9.01. The van der Waals surface area contributed by atoms with Crippen LogP contribution in [0.3, 0.4) is 0 Å². The van der Waals surface area contributed by atoms with E-state index in [0.29, 0.717) is 33.7 Å². The van der Waals surface area contributed by atoms with Crippen molar-refractivity contribution in [1.29, 1.82) is 0 Å². The molecule has 0 bridgehead atoms. The molecule has 1 N–H and O–H groups in total. The second-order valence-electron chi connectivity index (χ2n) is 14.3. The van der Waals surface area contributed by atoms with Gasteiger partial charge in [-0.3, -0.25) is 0 Å². The number of nitrogens with zero attached hydrogens (tertiary/aromatic N) is 1. The molecule has 4 atom stereocenters. The summed E-state index contributed by atoms with van der Waals surface area (Å²) in [6.45, 7) is 16.6. The molecule has 7 nitrogen and oxygen atoms in total. The lowest BCUT2D eigenvalue weighted by atomic mass is 9.73. The van der Waals surface area contributed by atoms with Crippen LogP contribution in [0, 0.1) is 11.8 Å². The molecule has 1 heterocycles. The van der Waals surface area contributed by atoms with E-state index in [1.54, 1.807) is 31.3 Å². The molecule has 3 aromatic carbocycles. The minimum atomic E-state index is -3.75. The predicted octanol–water partition coefficient (Wildman–Crippen LogP) is 9.43. The number of hydrogen-bond acceptors (Lipinski definition) is 5. The Bertz CT molecular complexity index is 1720. The van der Waals surface area contributed by atoms with Crippen LogP contribution in [0.25, 0.3) is 0 Å². The number of carboxylic acids is 1. The van der Waals surface area contributed by atoms with Crippen molar-refractivity contribution in [1.82, 2.24) is 4.31 Å². The van der Waals surface area contributed by atoms with Crippen LogP contribution in [0.15, 0.2) is 77.7 Å². The number of rotatable bonds is 12. The quantitative estimate of drug-likeness (QED) is 0.188. The van der Waals surface area contributed by atoms with Gasteiger partial charge in [0.25, 0.3) is 0 Å². The summed E-state index contributed by atoms with van der Waals surface area (Å²) in [4.78, 5) is 11.7. The fourth-order valence-electron chi connectivity index (χ4n) is 6.26. The maximum Gasteiger partial charge on any atom is 0.341 e. The van der Waals surface area contributed by atoms with Crippen molar-refractivity contribution < 1.29 is 27.8 Å². The van der Waals surface area contributed by atoms with Crippen molar-refractivity contribution in [3.05, 3.63) is 105 Å². The molecule has 260 valence electrons. The van der Waals surface area contributed by atoms with Crippen LogP contribution in [0.4, 0.5) is 0 Å². The monoisotopic (exact) mass is 715 g/mol. The molecule has 1 aliphatic heterocycles. The molecule has 48 heavy (non-hydrogen) atoms. The van der Waals surface area contributed by atoms with Crippen LogP contribution < -0.4 is 4.74 Å². The lowest BCUT2D eigenvalue weighted by Gasteiger charge is -2.44. The zero-order valence-electron chi connectivity index (χ0n) is 28.8. The first-order valence-corrected chi connectivity index (χ1v) is 18.4. The molecule has 4 rings (SSSR count). The Kier molecular flexibility index (Phi) is 12.1. The van der Waals surface area contributed by atoms with Crippen molar-refractivity contribution >= 4 is 39.2 Å². The van der Waals surface area contributed by atoms with Gasteiger partial charge in [-0.05, 0) is 84.2 Å². The van der Waals surface area contributed by atoms with Crippen LogP contribution >= 0.6 is 23.2 Å². The van der Waals surface area contributed by atoms with Gasteiger partial charge in [-0.25, -0.2) is 13.2 Å². The largest absolute Gasteiger partial charge is 0.480 e. The van der Waals surface area contributed by atoms with E-state index >= 15 is 0 Å². The van der Waals surface area contributed by atoms with Crippen LogP contribution in [-0.4, -0.2) is 43.6 Å². The molecule has 0 saturated carbocycles. The fraction of sp³-hybridized carbons (Fsp3) is 0.447. The van der Waals surface area contributed by atoms with Gasteiger partial charge in [0, 0.05) is 36.0 Å². The number of ether oxygens (including phenoxy) is 2. The molecule has 0 aromatic heterocycles. The molecule has 0 amide bonds. The van der Waals surface area contributed by atoms with E-state index in [2.05, 4.69) is 41.2 Å². The summed E-state index contributed by atoms with van der Waals surface area (Å²) in [5.74, 6) is -0.670. The number of sulfonamides is 1. The smallest absolute Gasteiger partial charge is 0.341 e. The summed E-state index contributed by atoms with van der Waals surface area (Å²) in [5.41, 5.74) is 4.19. The van der Waals surface area contributed by atoms with Crippen molar-refractivity contribution in [2.24, 2.45) is 11.8 Å². The van der Waals surface area contributed by atoms with E-state index in [0.717, 1.165) is 28.7 Å². The van der Waals surface area contributed by atoms with Gasteiger partial charge < -0.3 is 14.6 Å². The average Bonchev–Trinajstić information content (AvgIpc) is 3.00. The molecule has 0 aliphatic carbocycles. The van der Waals surface area contributed by atoms with Crippen LogP contribution in [-0.2, 0) is 31.5 Å². The second-order valence-corrected chi connectivity index (χ2v) is 17.2. The summed E-state index contributed by atoms with van der Waals surface area (Å²) < 4.78 is 41.2. The fourth-order valence-corrected chi connectivity index (χ4v) is 7.82. The summed E-state index contributed by atoms with van der Waals surface area (Å²) in [6.07, 6.45) is 0.749. The third-order valence-corrected chi connectivity index (χ3v) is 11.3. The Labute approximate surface area is 295 Å². The van der Waals surface area contributed by atoms with E-state index in [9.17, 15) is 18.3 Å². The van der Waals surface area contributed by atoms with Gasteiger partial charge in [-0.2, -0.15) is 4.31 Å². The van der Waals surface area contributed by atoms with Crippen molar-refractivity contribution in [3.63, 3.8) is 0 Å². The zero-order chi connectivity index (χ0) is 35.6. The SMILES string of the molecule is C=C(C)[C@@H]1C[C@@H](c2ccc(S(=O)(=O)N(C)Cc3ccc(Cl)cc3)cc2)[C@@H](CC(C)C)O[C@H]1c1cc(C(C)(C)C)cc(Cl)c1OCC(=O)O. The van der Waals surface area contributed by atoms with Gasteiger partial charge in [-0.1, -0.05) is 94.2 Å². The molecule has 1 aliphatic rings. The van der Waals surface area contributed by atoms with E-state index in [-0.39, 0.29) is 34.8 Å². The normalized spacial score (nSPS) is 20.2. The van der Waals surface area contributed by atoms with Crippen molar-refractivity contribution in [2.45, 2.75) is 89.4 Å². The topological polar surface area (TPSA) is 93.1 Å². The molecule has 0 spiro atoms. The van der Waals surface area contributed by atoms with E-state index < -0.39 is 28.7 Å². The average molecular weight is 717 g/mol. The first kappa shape index (κ1) is 37.9. The second kappa shape index (κ2) is 15.3. The maximum atomic E-state index is 13.5. The molecule has 0 unspecified atom stereocenters. The van der Waals surface area contributed by atoms with Crippen LogP contribution in [0.2, 0.25) is 10.0 Å². The highest BCUT2D eigenvalue weighted by molar-refractivity contribution is 7.89. The van der Waals surface area contributed by atoms with Gasteiger partial charge in [-0.15, -0.1) is 0 Å². The minimum absolute atomic E-state index is 0.0430. The molecule has 10 heteroatoms. The van der Waals surface area contributed by atoms with E-state index in [1.807, 2.05) is 43.3 Å².